The summed E-state index contributed by atoms with van der Waals surface area (Å²) in [5.41, 5.74) is 0.0682. The Bertz CT molecular complexity index is 539. The highest BCUT2D eigenvalue weighted by Crippen LogP contribution is 2.34. The van der Waals surface area contributed by atoms with Gasteiger partial charge in [0.2, 0.25) is 0 Å². The number of carbonyl (C=O) groups excluding carboxylic acids is 1. The van der Waals surface area contributed by atoms with Gasteiger partial charge < -0.3 is 14.6 Å². The normalized spacial score (nSPS) is 28.1. The molecule has 2 saturated heterocycles. The number of fused-ring (bicyclic) bond motifs is 2. The second-order valence-corrected chi connectivity index (χ2v) is 5.25. The third-order valence-electron chi connectivity index (χ3n) is 3.96. The smallest absolute Gasteiger partial charge is 0.339 e. The Hall–Kier alpha value is -1.88. The monoisotopic (exact) mass is 276 g/mol. The van der Waals surface area contributed by atoms with E-state index in [9.17, 15) is 9.59 Å². The molecule has 0 spiro atoms. The van der Waals surface area contributed by atoms with Crippen LogP contribution in [-0.4, -0.2) is 35.4 Å². The van der Waals surface area contributed by atoms with Gasteiger partial charge in [-0.15, -0.1) is 0 Å². The zero-order valence-electron chi connectivity index (χ0n) is 11.0. The van der Waals surface area contributed by atoms with Gasteiger partial charge in [0.15, 0.2) is 0 Å². The number of carboxylic acid groups (broad SMARTS) is 1. The van der Waals surface area contributed by atoms with Crippen LogP contribution in [0.3, 0.4) is 0 Å². The maximum Gasteiger partial charge on any atom is 0.339 e. The molecule has 0 radical (unpaired) electrons. The molecule has 1 aromatic carbocycles. The largest absolute Gasteiger partial charge is 0.478 e. The number of hydrogen-bond donors (Lipinski definition) is 1. The SMILES string of the molecule is O=C(O)c1ccccc1C(=O)O[C@@H]1CC[C@H]2CC[C@@H]1O2. The molecular weight excluding hydrogens is 260 g/mol. The van der Waals surface area contributed by atoms with E-state index in [-0.39, 0.29) is 23.3 Å². The first-order chi connectivity index (χ1) is 9.65. The molecule has 5 heteroatoms. The predicted octanol–water partition coefficient (Wildman–Crippen LogP) is 2.25. The molecule has 2 bridgehead atoms. The van der Waals surface area contributed by atoms with Crippen molar-refractivity contribution in [2.24, 2.45) is 0 Å². The highest BCUT2D eigenvalue weighted by Gasteiger charge is 2.39. The number of carboxylic acids is 1. The summed E-state index contributed by atoms with van der Waals surface area (Å²) < 4.78 is 11.2. The van der Waals surface area contributed by atoms with Crippen molar-refractivity contribution in [3.8, 4) is 0 Å². The van der Waals surface area contributed by atoms with Gasteiger partial charge in [0.25, 0.3) is 0 Å². The highest BCUT2D eigenvalue weighted by atomic mass is 16.6. The maximum absolute atomic E-state index is 12.2. The quantitative estimate of drug-likeness (QED) is 0.857. The van der Waals surface area contributed by atoms with Gasteiger partial charge in [-0.1, -0.05) is 12.1 Å². The number of benzene rings is 1. The van der Waals surface area contributed by atoms with Crippen molar-refractivity contribution in [1.82, 2.24) is 0 Å². The number of carbonyl (C=O) groups is 2. The van der Waals surface area contributed by atoms with Crippen molar-refractivity contribution in [1.29, 1.82) is 0 Å². The number of esters is 1. The minimum absolute atomic E-state index is 0.0291. The Morgan fingerprint density at radius 1 is 1.10 bits per heavy atom. The molecular formula is C15H16O5. The number of ether oxygens (including phenoxy) is 2. The lowest BCUT2D eigenvalue weighted by atomic mass is 10.1. The molecule has 0 aliphatic carbocycles. The first-order valence-corrected chi connectivity index (χ1v) is 6.84. The summed E-state index contributed by atoms with van der Waals surface area (Å²) in [6.07, 6.45) is 3.62. The van der Waals surface area contributed by atoms with Gasteiger partial charge in [0.1, 0.15) is 6.10 Å². The summed E-state index contributed by atoms with van der Waals surface area (Å²) in [5.74, 6) is -1.71. The zero-order chi connectivity index (χ0) is 14.1. The van der Waals surface area contributed by atoms with Gasteiger partial charge in [-0.3, -0.25) is 0 Å². The van der Waals surface area contributed by atoms with E-state index in [2.05, 4.69) is 0 Å². The van der Waals surface area contributed by atoms with Crippen LogP contribution >= 0.6 is 0 Å². The van der Waals surface area contributed by atoms with Gasteiger partial charge in [-0.25, -0.2) is 9.59 Å². The van der Waals surface area contributed by atoms with Crippen molar-refractivity contribution in [3.05, 3.63) is 35.4 Å². The van der Waals surface area contributed by atoms with Gasteiger partial charge in [0, 0.05) is 0 Å². The average molecular weight is 276 g/mol. The summed E-state index contributed by atoms with van der Waals surface area (Å²) >= 11 is 0. The Kier molecular flexibility index (Phi) is 3.44. The van der Waals surface area contributed by atoms with Gasteiger partial charge in [-0.05, 0) is 37.8 Å². The minimum atomic E-state index is -1.13. The van der Waals surface area contributed by atoms with E-state index >= 15 is 0 Å². The lowest BCUT2D eigenvalue weighted by Gasteiger charge is -2.29. The Morgan fingerprint density at radius 2 is 1.80 bits per heavy atom. The minimum Gasteiger partial charge on any atom is -0.478 e. The van der Waals surface area contributed by atoms with E-state index in [4.69, 9.17) is 14.6 Å². The van der Waals surface area contributed by atoms with E-state index in [1.807, 2.05) is 0 Å². The van der Waals surface area contributed by atoms with Crippen molar-refractivity contribution in [3.63, 3.8) is 0 Å². The summed E-state index contributed by atoms with van der Waals surface area (Å²) in [6.45, 7) is 0. The topological polar surface area (TPSA) is 72.8 Å². The fourth-order valence-corrected chi connectivity index (χ4v) is 2.94. The van der Waals surface area contributed by atoms with Crippen molar-refractivity contribution >= 4 is 11.9 Å². The number of hydrogen-bond acceptors (Lipinski definition) is 4. The van der Waals surface area contributed by atoms with Crippen molar-refractivity contribution in [2.75, 3.05) is 0 Å². The van der Waals surface area contributed by atoms with Gasteiger partial charge in [0.05, 0.1) is 23.3 Å². The Morgan fingerprint density at radius 3 is 2.55 bits per heavy atom. The molecule has 0 aromatic heterocycles. The predicted molar refractivity (Wildman–Crippen MR) is 69.7 cm³/mol. The second kappa shape index (κ2) is 5.25. The van der Waals surface area contributed by atoms with Crippen LogP contribution in [0, 0.1) is 0 Å². The lowest BCUT2D eigenvalue weighted by molar-refractivity contribution is -0.0842. The van der Waals surface area contributed by atoms with E-state index in [1.54, 1.807) is 12.1 Å². The van der Waals surface area contributed by atoms with Crippen LogP contribution in [-0.2, 0) is 9.47 Å². The van der Waals surface area contributed by atoms with E-state index in [0.717, 1.165) is 25.7 Å². The van der Waals surface area contributed by atoms with Crippen LogP contribution in [0.1, 0.15) is 46.4 Å². The average Bonchev–Trinajstić information content (AvgIpc) is 2.84. The van der Waals surface area contributed by atoms with E-state index < -0.39 is 11.9 Å². The first-order valence-electron chi connectivity index (χ1n) is 6.84. The fraction of sp³-hybridized carbons (Fsp3) is 0.467. The van der Waals surface area contributed by atoms with Crippen molar-refractivity contribution < 1.29 is 24.2 Å². The molecule has 3 atom stereocenters. The van der Waals surface area contributed by atoms with Gasteiger partial charge in [-0.2, -0.15) is 0 Å². The summed E-state index contributed by atoms with van der Waals surface area (Å²) in [7, 11) is 0. The molecule has 2 heterocycles. The molecule has 106 valence electrons. The second-order valence-electron chi connectivity index (χ2n) is 5.25. The lowest BCUT2D eigenvalue weighted by Crippen LogP contribution is -2.36. The Labute approximate surface area is 116 Å². The van der Waals surface area contributed by atoms with Crippen LogP contribution in [0.25, 0.3) is 0 Å². The molecule has 0 amide bonds. The summed E-state index contributed by atoms with van der Waals surface area (Å²) in [4.78, 5) is 23.3. The summed E-state index contributed by atoms with van der Waals surface area (Å²) in [6, 6.07) is 6.10. The highest BCUT2D eigenvalue weighted by molar-refractivity contribution is 6.02. The van der Waals surface area contributed by atoms with E-state index in [1.165, 1.54) is 12.1 Å². The molecule has 5 nitrogen and oxygen atoms in total. The van der Waals surface area contributed by atoms with Crippen LogP contribution in [0.5, 0.6) is 0 Å². The van der Waals surface area contributed by atoms with Crippen LogP contribution in [0.15, 0.2) is 24.3 Å². The molecule has 2 fully saturated rings. The third-order valence-corrected chi connectivity index (χ3v) is 3.96. The molecule has 1 aromatic rings. The standard InChI is InChI=1S/C15H16O5/c16-14(17)10-3-1-2-4-11(10)15(18)20-13-8-6-9-5-7-12(13)19-9/h1-4,9,12-13H,5-8H2,(H,16,17)/t9-,12+,13-/m1/s1. The fourth-order valence-electron chi connectivity index (χ4n) is 2.94. The van der Waals surface area contributed by atoms with E-state index in [0.29, 0.717) is 6.10 Å². The molecule has 3 rings (SSSR count). The number of aromatic carboxylic acids is 1. The zero-order valence-corrected chi connectivity index (χ0v) is 11.0. The Balaban J connectivity index is 1.75. The van der Waals surface area contributed by atoms with Crippen LogP contribution in [0.4, 0.5) is 0 Å². The first kappa shape index (κ1) is 13.1. The van der Waals surface area contributed by atoms with Crippen molar-refractivity contribution in [2.45, 2.75) is 44.0 Å². The van der Waals surface area contributed by atoms with Crippen LogP contribution in [0.2, 0.25) is 0 Å². The molecule has 20 heavy (non-hydrogen) atoms. The molecule has 1 N–H and O–H groups in total. The third kappa shape index (κ3) is 2.41. The molecule has 0 unspecified atom stereocenters. The molecule has 2 aliphatic rings. The van der Waals surface area contributed by atoms with Gasteiger partial charge >= 0.3 is 11.9 Å². The molecule has 0 saturated carbocycles. The molecule has 2 aliphatic heterocycles. The van der Waals surface area contributed by atoms with Crippen LogP contribution < -0.4 is 0 Å². The maximum atomic E-state index is 12.2. The number of rotatable bonds is 3. The summed E-state index contributed by atoms with van der Waals surface area (Å²) in [5, 5.41) is 9.09.